The fraction of sp³-hybridized carbons (Fsp3) is 0.538. The molecule has 1 atom stereocenters. The zero-order valence-corrected chi connectivity index (χ0v) is 14.4. The number of thiophene rings is 1. The summed E-state index contributed by atoms with van der Waals surface area (Å²) in [4.78, 5) is 24.4. The third-order valence-electron chi connectivity index (χ3n) is 3.67. The number of hydrogen-bond acceptors (Lipinski definition) is 6. The molecule has 10 heteroatoms. The minimum Gasteiger partial charge on any atom is -0.478 e. The first-order valence-corrected chi connectivity index (χ1v) is 9.23. The molecule has 23 heavy (non-hydrogen) atoms. The number of aromatic carboxylic acids is 1. The molecule has 8 nitrogen and oxygen atoms in total. The third kappa shape index (κ3) is 3.71. The van der Waals surface area contributed by atoms with Gasteiger partial charge >= 0.3 is 5.97 Å². The number of ether oxygens (including phenoxy) is 1. The van der Waals surface area contributed by atoms with Crippen molar-refractivity contribution in [2.45, 2.75) is 17.2 Å². The van der Waals surface area contributed by atoms with Crippen molar-refractivity contribution in [3.8, 4) is 0 Å². The molecular formula is C13H18N2O6S2. The van der Waals surface area contributed by atoms with E-state index in [0.717, 1.165) is 17.4 Å². The number of amides is 1. The number of methoxy groups -OCH3 is 1. The van der Waals surface area contributed by atoms with E-state index >= 15 is 0 Å². The molecule has 0 saturated carbocycles. The first-order valence-electron chi connectivity index (χ1n) is 6.91. The molecule has 1 unspecified atom stereocenters. The summed E-state index contributed by atoms with van der Waals surface area (Å²) >= 11 is 0.883. The van der Waals surface area contributed by atoms with E-state index in [1.807, 2.05) is 0 Å². The van der Waals surface area contributed by atoms with E-state index in [1.54, 1.807) is 11.8 Å². The summed E-state index contributed by atoms with van der Waals surface area (Å²) in [7, 11) is -2.29. The van der Waals surface area contributed by atoms with Crippen molar-refractivity contribution in [3.05, 3.63) is 17.0 Å². The third-order valence-corrected chi connectivity index (χ3v) is 6.98. The lowest BCUT2D eigenvalue weighted by atomic mass is 10.3. The molecule has 128 valence electrons. The number of carboxylic acid groups (broad SMARTS) is 1. The number of nitrogens with zero attached hydrogens (tertiary/aromatic N) is 2. The van der Waals surface area contributed by atoms with Gasteiger partial charge in [-0.05, 0) is 13.0 Å². The summed E-state index contributed by atoms with van der Waals surface area (Å²) in [6, 6.07) is 1.16. The molecule has 2 heterocycles. The highest BCUT2D eigenvalue weighted by Gasteiger charge is 2.32. The fourth-order valence-electron chi connectivity index (χ4n) is 2.20. The van der Waals surface area contributed by atoms with Gasteiger partial charge in [0.2, 0.25) is 0 Å². The van der Waals surface area contributed by atoms with Gasteiger partial charge in [-0.2, -0.15) is 4.31 Å². The average molecular weight is 362 g/mol. The molecule has 1 fully saturated rings. The second-order valence-corrected chi connectivity index (χ2v) is 8.14. The molecule has 0 radical (unpaired) electrons. The van der Waals surface area contributed by atoms with Crippen LogP contribution in [0.3, 0.4) is 0 Å². The van der Waals surface area contributed by atoms with E-state index in [4.69, 9.17) is 9.84 Å². The first kappa shape index (κ1) is 17.9. The van der Waals surface area contributed by atoms with Crippen LogP contribution in [0.4, 0.5) is 0 Å². The Balaban J connectivity index is 2.06. The minimum atomic E-state index is -3.73. The average Bonchev–Trinajstić information content (AvgIpc) is 3.04. The van der Waals surface area contributed by atoms with Crippen LogP contribution in [-0.2, 0) is 19.6 Å². The predicted molar refractivity (Wildman–Crippen MR) is 83.1 cm³/mol. The second kappa shape index (κ2) is 6.95. The van der Waals surface area contributed by atoms with Gasteiger partial charge in [-0.15, -0.1) is 11.3 Å². The number of rotatable bonds is 5. The Morgan fingerprint density at radius 3 is 2.39 bits per heavy atom. The molecule has 1 N–H and O–H groups in total. The first-order chi connectivity index (χ1) is 10.8. The van der Waals surface area contributed by atoms with Crippen molar-refractivity contribution in [1.82, 2.24) is 9.21 Å². The number of carbonyl (C=O) groups excluding carboxylic acids is 1. The van der Waals surface area contributed by atoms with Crippen LogP contribution in [0.2, 0.25) is 0 Å². The van der Waals surface area contributed by atoms with Crippen LogP contribution in [0.15, 0.2) is 15.7 Å². The molecule has 0 spiro atoms. The standard InChI is InChI=1S/C13H18N2O6S2/c1-9(21-2)12(16)14-3-5-15(6-4-14)23(19,20)11-7-10(8-22-11)13(17)18/h7-9H,3-6H2,1-2H3,(H,17,18). The Kier molecular flexibility index (Phi) is 5.40. The summed E-state index contributed by atoms with van der Waals surface area (Å²) < 4.78 is 31.3. The van der Waals surface area contributed by atoms with Crippen LogP contribution in [0, 0.1) is 0 Å². The largest absolute Gasteiger partial charge is 0.478 e. The van der Waals surface area contributed by atoms with Gasteiger partial charge in [0.05, 0.1) is 5.56 Å². The summed E-state index contributed by atoms with van der Waals surface area (Å²) in [5, 5.41) is 10.2. The van der Waals surface area contributed by atoms with Crippen molar-refractivity contribution in [3.63, 3.8) is 0 Å². The van der Waals surface area contributed by atoms with Crippen molar-refractivity contribution in [2.24, 2.45) is 0 Å². The van der Waals surface area contributed by atoms with Crippen molar-refractivity contribution in [2.75, 3.05) is 33.3 Å². The summed E-state index contributed by atoms with van der Waals surface area (Å²) in [5.41, 5.74) is -0.0451. The van der Waals surface area contributed by atoms with Gasteiger partial charge in [-0.3, -0.25) is 4.79 Å². The van der Waals surface area contributed by atoms with E-state index in [2.05, 4.69) is 0 Å². The Bertz CT molecular complexity index is 691. The van der Waals surface area contributed by atoms with E-state index in [9.17, 15) is 18.0 Å². The maximum atomic E-state index is 12.5. The van der Waals surface area contributed by atoms with Crippen LogP contribution in [0.1, 0.15) is 17.3 Å². The van der Waals surface area contributed by atoms with E-state index in [-0.39, 0.29) is 41.9 Å². The number of carboxylic acids is 1. The Labute approximate surface area is 138 Å². The summed E-state index contributed by atoms with van der Waals surface area (Å²) in [6.45, 7) is 2.55. The van der Waals surface area contributed by atoms with Crippen LogP contribution in [0.5, 0.6) is 0 Å². The van der Waals surface area contributed by atoms with E-state index < -0.39 is 22.1 Å². The molecule has 1 amide bonds. The number of piperazine rings is 1. The molecule has 1 aromatic heterocycles. The molecule has 1 aromatic rings. The Morgan fingerprint density at radius 2 is 1.91 bits per heavy atom. The van der Waals surface area contributed by atoms with Crippen molar-refractivity contribution >= 4 is 33.2 Å². The number of hydrogen-bond donors (Lipinski definition) is 1. The van der Waals surface area contributed by atoms with Gasteiger partial charge in [0.15, 0.2) is 0 Å². The highest BCUT2D eigenvalue weighted by atomic mass is 32.2. The van der Waals surface area contributed by atoms with Gasteiger partial charge in [0.25, 0.3) is 15.9 Å². The van der Waals surface area contributed by atoms with Crippen molar-refractivity contribution in [1.29, 1.82) is 0 Å². The van der Waals surface area contributed by atoms with Gasteiger partial charge in [-0.1, -0.05) is 0 Å². The lowest BCUT2D eigenvalue weighted by molar-refractivity contribution is -0.142. The van der Waals surface area contributed by atoms with Gasteiger partial charge in [-0.25, -0.2) is 13.2 Å². The van der Waals surface area contributed by atoms with Crippen LogP contribution >= 0.6 is 11.3 Å². The molecule has 1 aliphatic rings. The molecule has 1 aliphatic heterocycles. The second-order valence-electron chi connectivity index (χ2n) is 5.07. The highest BCUT2D eigenvalue weighted by Crippen LogP contribution is 2.25. The molecule has 0 aromatic carbocycles. The topological polar surface area (TPSA) is 104 Å². The van der Waals surface area contributed by atoms with Crippen LogP contribution in [-0.4, -0.2) is 74.0 Å². The Hall–Kier alpha value is -1.49. The smallest absolute Gasteiger partial charge is 0.336 e. The van der Waals surface area contributed by atoms with Gasteiger partial charge < -0.3 is 14.7 Å². The number of carbonyl (C=O) groups is 2. The lowest BCUT2D eigenvalue weighted by Crippen LogP contribution is -2.52. The maximum Gasteiger partial charge on any atom is 0.336 e. The molecule has 0 bridgehead atoms. The monoisotopic (exact) mass is 362 g/mol. The molecule has 1 saturated heterocycles. The number of sulfonamides is 1. The quantitative estimate of drug-likeness (QED) is 0.809. The lowest BCUT2D eigenvalue weighted by Gasteiger charge is -2.34. The van der Waals surface area contributed by atoms with Crippen LogP contribution in [0.25, 0.3) is 0 Å². The predicted octanol–water partition coefficient (Wildman–Crippen LogP) is 0.314. The minimum absolute atomic E-state index is 0.0000592. The van der Waals surface area contributed by atoms with E-state index in [1.165, 1.54) is 16.8 Å². The Morgan fingerprint density at radius 1 is 1.30 bits per heavy atom. The fourth-order valence-corrected chi connectivity index (χ4v) is 4.93. The maximum absolute atomic E-state index is 12.5. The molecule has 0 aliphatic carbocycles. The van der Waals surface area contributed by atoms with Gasteiger partial charge in [0, 0.05) is 38.7 Å². The van der Waals surface area contributed by atoms with E-state index in [0.29, 0.717) is 0 Å². The SMILES string of the molecule is COC(C)C(=O)N1CCN(S(=O)(=O)c2cc(C(=O)O)cs2)CC1. The summed E-state index contributed by atoms with van der Waals surface area (Å²) in [5.74, 6) is -1.33. The molecular weight excluding hydrogens is 344 g/mol. The zero-order valence-electron chi connectivity index (χ0n) is 12.8. The highest BCUT2D eigenvalue weighted by molar-refractivity contribution is 7.91. The summed E-state index contributed by atoms with van der Waals surface area (Å²) in [6.07, 6.45) is -0.562. The van der Waals surface area contributed by atoms with Crippen LogP contribution < -0.4 is 0 Å². The zero-order chi connectivity index (χ0) is 17.2. The van der Waals surface area contributed by atoms with Crippen molar-refractivity contribution < 1.29 is 27.9 Å². The normalized spacial score (nSPS) is 17.9. The molecule has 2 rings (SSSR count). The van der Waals surface area contributed by atoms with Gasteiger partial charge in [0.1, 0.15) is 10.3 Å².